The Bertz CT molecular complexity index is 1690. The number of aromatic nitrogens is 3. The molecule has 43 heavy (non-hydrogen) atoms. The molecule has 2 aliphatic rings. The van der Waals surface area contributed by atoms with Gasteiger partial charge in [0.15, 0.2) is 0 Å². The number of rotatable bonds is 6. The lowest BCUT2D eigenvalue weighted by atomic mass is 9.81. The van der Waals surface area contributed by atoms with E-state index in [-0.39, 0.29) is 22.9 Å². The maximum absolute atomic E-state index is 13.7. The Morgan fingerprint density at radius 1 is 1.12 bits per heavy atom. The van der Waals surface area contributed by atoms with Gasteiger partial charge in [-0.25, -0.2) is 9.97 Å². The van der Waals surface area contributed by atoms with Gasteiger partial charge < -0.3 is 20.1 Å². The number of nitriles is 1. The summed E-state index contributed by atoms with van der Waals surface area (Å²) in [5.41, 5.74) is 8.65. The highest BCUT2D eigenvalue weighted by atomic mass is 16.5. The van der Waals surface area contributed by atoms with Crippen molar-refractivity contribution < 1.29 is 14.3 Å². The van der Waals surface area contributed by atoms with Crippen molar-refractivity contribution in [1.82, 2.24) is 24.2 Å². The number of carbonyl (C=O) groups is 1. The Hall–Kier alpha value is -4.72. The van der Waals surface area contributed by atoms with Crippen LogP contribution in [0, 0.1) is 16.7 Å². The van der Waals surface area contributed by atoms with Crippen LogP contribution in [0.15, 0.2) is 78.6 Å². The van der Waals surface area contributed by atoms with Crippen molar-refractivity contribution in [2.75, 3.05) is 45.6 Å². The summed E-state index contributed by atoms with van der Waals surface area (Å²) in [5.74, 6) is 2.34. The molecule has 10 heteroatoms. The number of amides is 1. The summed E-state index contributed by atoms with van der Waals surface area (Å²) in [6.07, 6.45) is 6.94. The zero-order valence-corrected chi connectivity index (χ0v) is 24.4. The van der Waals surface area contributed by atoms with Gasteiger partial charge in [0.05, 0.1) is 6.04 Å². The molecule has 2 N–H and O–H groups in total. The van der Waals surface area contributed by atoms with Gasteiger partial charge in [-0.15, -0.1) is 0 Å². The quantitative estimate of drug-likeness (QED) is 0.255. The molecule has 0 radical (unpaired) electrons. The van der Waals surface area contributed by atoms with Crippen molar-refractivity contribution in [2.24, 2.45) is 5.41 Å². The number of nitrogens with two attached hydrogens (primary N) is 1. The normalized spacial score (nSPS) is 19.2. The van der Waals surface area contributed by atoms with Crippen LogP contribution < -0.4 is 10.5 Å². The lowest BCUT2D eigenvalue weighted by Crippen LogP contribution is -2.50. The molecular weight excluding hydrogens is 542 g/mol. The summed E-state index contributed by atoms with van der Waals surface area (Å²) in [6.45, 7) is 4.89. The lowest BCUT2D eigenvalue weighted by molar-refractivity contribution is -0.129. The van der Waals surface area contributed by atoms with E-state index in [1.165, 1.54) is 0 Å². The third kappa shape index (κ3) is 5.82. The highest BCUT2D eigenvalue weighted by molar-refractivity contribution is 5.97. The third-order valence-corrected chi connectivity index (χ3v) is 8.43. The number of fused-ring (bicyclic) bond motifs is 1. The Balaban J connectivity index is 1.30. The molecule has 2 aromatic heterocycles. The van der Waals surface area contributed by atoms with E-state index in [1.807, 2.05) is 78.3 Å². The molecule has 4 aromatic rings. The molecule has 1 amide bonds. The number of nitrogen functional groups attached to an aromatic ring is 1. The van der Waals surface area contributed by atoms with E-state index < -0.39 is 0 Å². The standard InChI is InChI=1S/C33H35N7O3/c1-33(12-18-42-19-13-33)20-24(21-34)32(41)39-17-16-38(2)27(22-39)31-37-28(29-30(35)36-14-15-40(29)31)23-8-10-26(11-9-23)43-25-6-4-3-5-7-25/h3-11,14-15,20,27H,12-13,16-19,22H2,1-2H3,(H2,35,36). The molecule has 4 heterocycles. The van der Waals surface area contributed by atoms with Crippen LogP contribution in [-0.4, -0.2) is 70.0 Å². The van der Waals surface area contributed by atoms with Crippen LogP contribution in [0.4, 0.5) is 5.82 Å². The van der Waals surface area contributed by atoms with E-state index in [0.717, 1.165) is 30.0 Å². The minimum absolute atomic E-state index is 0.188. The van der Waals surface area contributed by atoms with Crippen molar-refractivity contribution in [3.8, 4) is 28.8 Å². The van der Waals surface area contributed by atoms with Gasteiger partial charge in [0.25, 0.3) is 5.91 Å². The van der Waals surface area contributed by atoms with Gasteiger partial charge in [0, 0.05) is 50.8 Å². The molecule has 0 bridgehead atoms. The molecule has 1 unspecified atom stereocenters. The van der Waals surface area contributed by atoms with E-state index >= 15 is 0 Å². The highest BCUT2D eigenvalue weighted by Gasteiger charge is 2.35. The van der Waals surface area contributed by atoms with Crippen LogP contribution in [0.25, 0.3) is 16.8 Å². The predicted octanol–water partition coefficient (Wildman–Crippen LogP) is 4.85. The molecule has 2 aliphatic heterocycles. The van der Waals surface area contributed by atoms with Gasteiger partial charge in [-0.3, -0.25) is 14.1 Å². The minimum atomic E-state index is -0.246. The first-order chi connectivity index (χ1) is 20.8. The molecule has 0 aliphatic carbocycles. The zero-order chi connectivity index (χ0) is 30.0. The second-order valence-electron chi connectivity index (χ2n) is 11.5. The molecule has 2 saturated heterocycles. The highest BCUT2D eigenvalue weighted by Crippen LogP contribution is 2.35. The molecule has 2 fully saturated rings. The average molecular weight is 578 g/mol. The lowest BCUT2D eigenvalue weighted by Gasteiger charge is -2.39. The van der Waals surface area contributed by atoms with Crippen molar-refractivity contribution in [1.29, 1.82) is 5.26 Å². The Morgan fingerprint density at radius 2 is 1.84 bits per heavy atom. The molecule has 1 atom stereocenters. The van der Waals surface area contributed by atoms with E-state index in [9.17, 15) is 10.1 Å². The van der Waals surface area contributed by atoms with E-state index in [1.54, 1.807) is 11.1 Å². The average Bonchev–Trinajstić information content (AvgIpc) is 3.42. The monoisotopic (exact) mass is 577 g/mol. The van der Waals surface area contributed by atoms with Crippen LogP contribution in [0.2, 0.25) is 0 Å². The van der Waals surface area contributed by atoms with Crippen molar-refractivity contribution in [3.05, 3.63) is 84.5 Å². The van der Waals surface area contributed by atoms with Crippen molar-refractivity contribution in [3.63, 3.8) is 0 Å². The van der Waals surface area contributed by atoms with Crippen molar-refractivity contribution >= 4 is 17.2 Å². The number of likely N-dealkylation sites (N-methyl/N-ethyl adjacent to an activating group) is 1. The summed E-state index contributed by atoms with van der Waals surface area (Å²) >= 11 is 0. The predicted molar refractivity (Wildman–Crippen MR) is 163 cm³/mol. The van der Waals surface area contributed by atoms with Crippen LogP contribution >= 0.6 is 0 Å². The molecule has 6 rings (SSSR count). The summed E-state index contributed by atoms with van der Waals surface area (Å²) < 4.78 is 13.4. The van der Waals surface area contributed by atoms with E-state index in [0.29, 0.717) is 55.6 Å². The molecule has 220 valence electrons. The number of nitrogens with zero attached hydrogens (tertiary/aromatic N) is 6. The first-order valence-corrected chi connectivity index (χ1v) is 14.5. The van der Waals surface area contributed by atoms with Crippen LogP contribution in [0.5, 0.6) is 11.5 Å². The summed E-state index contributed by atoms with van der Waals surface area (Å²) in [5, 5.41) is 9.96. The van der Waals surface area contributed by atoms with Gasteiger partial charge in [-0.05, 0) is 61.7 Å². The van der Waals surface area contributed by atoms with Gasteiger partial charge in [-0.2, -0.15) is 5.26 Å². The molecule has 0 saturated carbocycles. The van der Waals surface area contributed by atoms with Gasteiger partial charge >= 0.3 is 0 Å². The van der Waals surface area contributed by atoms with Gasteiger partial charge in [-0.1, -0.05) is 31.2 Å². The Morgan fingerprint density at radius 3 is 2.56 bits per heavy atom. The first kappa shape index (κ1) is 28.4. The number of hydrogen-bond acceptors (Lipinski definition) is 8. The zero-order valence-electron chi connectivity index (χ0n) is 24.4. The number of para-hydroxylation sites is 1. The SMILES string of the molecule is CN1CCN(C(=O)C(C#N)=CC2(C)CCOCC2)CC1c1nc(-c2ccc(Oc3ccccc3)cc2)c2c(N)nccn12. The van der Waals surface area contributed by atoms with Gasteiger partial charge in [0.1, 0.15) is 46.0 Å². The summed E-state index contributed by atoms with van der Waals surface area (Å²) in [6, 6.07) is 19.3. The Labute approximate surface area is 251 Å². The third-order valence-electron chi connectivity index (χ3n) is 8.43. The molecule has 2 aromatic carbocycles. The van der Waals surface area contributed by atoms with E-state index in [4.69, 9.17) is 20.2 Å². The first-order valence-electron chi connectivity index (χ1n) is 14.5. The summed E-state index contributed by atoms with van der Waals surface area (Å²) in [7, 11) is 2.03. The smallest absolute Gasteiger partial charge is 0.264 e. The molecular formula is C33H35N7O3. The number of hydrogen-bond donors (Lipinski definition) is 1. The number of anilines is 1. The second-order valence-corrected chi connectivity index (χ2v) is 11.5. The fraction of sp³-hybridized carbons (Fsp3) is 0.333. The van der Waals surface area contributed by atoms with Crippen LogP contribution in [-0.2, 0) is 9.53 Å². The number of ether oxygens (including phenoxy) is 2. The molecule has 10 nitrogen and oxygen atoms in total. The second kappa shape index (κ2) is 11.9. The van der Waals surface area contributed by atoms with Crippen LogP contribution in [0.3, 0.4) is 0 Å². The summed E-state index contributed by atoms with van der Waals surface area (Å²) in [4.78, 5) is 27.1. The Kier molecular flexibility index (Phi) is 7.84. The number of benzene rings is 2. The maximum atomic E-state index is 13.7. The fourth-order valence-corrected chi connectivity index (χ4v) is 5.81. The number of imidazole rings is 1. The number of carbonyl (C=O) groups excluding carboxylic acids is 1. The minimum Gasteiger partial charge on any atom is -0.457 e. The maximum Gasteiger partial charge on any atom is 0.264 e. The van der Waals surface area contributed by atoms with Gasteiger partial charge in [0.2, 0.25) is 0 Å². The van der Waals surface area contributed by atoms with Crippen molar-refractivity contribution in [2.45, 2.75) is 25.8 Å². The largest absolute Gasteiger partial charge is 0.457 e. The number of allylic oxidation sites excluding steroid dienone is 1. The van der Waals surface area contributed by atoms with E-state index in [2.05, 4.69) is 22.9 Å². The topological polar surface area (TPSA) is 122 Å². The molecule has 0 spiro atoms. The van der Waals surface area contributed by atoms with Crippen LogP contribution in [0.1, 0.15) is 31.6 Å². The number of piperazine rings is 1. The fourth-order valence-electron chi connectivity index (χ4n) is 5.81.